The first kappa shape index (κ1) is 20.0. The van der Waals surface area contributed by atoms with Gasteiger partial charge >= 0.3 is 11.7 Å². The van der Waals surface area contributed by atoms with E-state index in [0.29, 0.717) is 5.56 Å². The van der Waals surface area contributed by atoms with Crippen molar-refractivity contribution in [1.29, 1.82) is 0 Å². The lowest BCUT2D eigenvalue weighted by molar-refractivity contribution is -0.385. The molecule has 0 saturated heterocycles. The number of amides is 2. The molecule has 11 nitrogen and oxygen atoms in total. The summed E-state index contributed by atoms with van der Waals surface area (Å²) in [4.78, 5) is 46.4. The maximum absolute atomic E-state index is 12.3. The highest BCUT2D eigenvalue weighted by molar-refractivity contribution is 7.18. The first-order valence-electron chi connectivity index (χ1n) is 7.74. The quantitative estimate of drug-likeness (QED) is 0.407. The summed E-state index contributed by atoms with van der Waals surface area (Å²) < 4.78 is 6.12. The van der Waals surface area contributed by atoms with Crippen molar-refractivity contribution in [3.05, 3.63) is 38.0 Å². The number of aromatic nitrogens is 2. The molecule has 0 saturated carbocycles. The molecule has 2 aromatic heterocycles. The Bertz CT molecular complexity index is 932. The summed E-state index contributed by atoms with van der Waals surface area (Å²) in [7, 11) is 0. The maximum Gasteiger partial charge on any atom is 0.341 e. The molecule has 0 aliphatic heterocycles. The summed E-state index contributed by atoms with van der Waals surface area (Å²) in [6.07, 6.45) is 1.05. The van der Waals surface area contributed by atoms with Crippen LogP contribution in [0.2, 0.25) is 0 Å². The molecule has 0 aliphatic carbocycles. The van der Waals surface area contributed by atoms with E-state index in [0.717, 1.165) is 22.2 Å². The molecular formula is C15H17N5O6S. The van der Waals surface area contributed by atoms with Gasteiger partial charge in [-0.15, -0.1) is 11.3 Å². The summed E-state index contributed by atoms with van der Waals surface area (Å²) in [5, 5.41) is 17.3. The highest BCUT2D eigenvalue weighted by Gasteiger charge is 2.26. The minimum absolute atomic E-state index is 0.0483. The number of nitrogens with two attached hydrogens (primary N) is 1. The molecule has 144 valence electrons. The third kappa shape index (κ3) is 4.11. The molecule has 0 aliphatic rings. The smallest absolute Gasteiger partial charge is 0.341 e. The zero-order chi connectivity index (χ0) is 20.3. The minimum Gasteiger partial charge on any atom is -0.462 e. The van der Waals surface area contributed by atoms with Gasteiger partial charge in [0.2, 0.25) is 5.91 Å². The number of nitro groups is 1. The van der Waals surface area contributed by atoms with E-state index in [1.807, 2.05) is 0 Å². The maximum atomic E-state index is 12.3. The zero-order valence-electron chi connectivity index (χ0n) is 14.8. The predicted octanol–water partition coefficient (Wildman–Crippen LogP) is 1.38. The van der Waals surface area contributed by atoms with Crippen LogP contribution in [-0.4, -0.2) is 39.1 Å². The van der Waals surface area contributed by atoms with Gasteiger partial charge in [0, 0.05) is 0 Å². The van der Waals surface area contributed by atoms with E-state index in [1.54, 1.807) is 6.92 Å². The van der Waals surface area contributed by atoms with Crippen molar-refractivity contribution in [2.45, 2.75) is 27.3 Å². The lowest BCUT2D eigenvalue weighted by atomic mass is 10.1. The molecular weight excluding hydrogens is 378 g/mol. The van der Waals surface area contributed by atoms with E-state index in [1.165, 1.54) is 13.8 Å². The van der Waals surface area contributed by atoms with Crippen LogP contribution in [0.4, 0.5) is 10.7 Å². The number of carbonyl (C=O) groups excluding carboxylic acids is 3. The molecule has 0 spiro atoms. The van der Waals surface area contributed by atoms with Gasteiger partial charge < -0.3 is 15.8 Å². The number of thiophene rings is 1. The Balaban J connectivity index is 2.29. The number of ether oxygens (including phenoxy) is 1. The molecule has 27 heavy (non-hydrogen) atoms. The van der Waals surface area contributed by atoms with Crippen molar-refractivity contribution in [2.24, 2.45) is 5.73 Å². The zero-order valence-corrected chi connectivity index (χ0v) is 15.6. The van der Waals surface area contributed by atoms with Gasteiger partial charge in [-0.1, -0.05) is 0 Å². The Hall–Kier alpha value is -3.28. The summed E-state index contributed by atoms with van der Waals surface area (Å²) in [5.41, 5.74) is 5.66. The Labute approximate surface area is 157 Å². The van der Waals surface area contributed by atoms with Crippen LogP contribution in [0, 0.1) is 24.0 Å². The standard InChI is InChI=1S/C15H17N5O6S/c1-4-26-15(23)11-7(2)12(13(16)22)27-14(11)18-10(21)6-19-8(3)9(5-17-19)20(24)25/h5H,4,6H2,1-3H3,(H2,16,22)(H,18,21). The lowest BCUT2D eigenvalue weighted by Crippen LogP contribution is -2.21. The average molecular weight is 395 g/mol. The number of nitrogens with zero attached hydrogens (tertiary/aromatic N) is 3. The molecule has 2 rings (SSSR count). The van der Waals surface area contributed by atoms with Gasteiger partial charge in [0.15, 0.2) is 0 Å². The highest BCUT2D eigenvalue weighted by atomic mass is 32.1. The normalized spacial score (nSPS) is 10.5. The second-order valence-electron chi connectivity index (χ2n) is 5.42. The summed E-state index contributed by atoms with van der Waals surface area (Å²) in [5.74, 6) is -2.01. The number of anilines is 1. The van der Waals surface area contributed by atoms with Crippen LogP contribution in [0.3, 0.4) is 0 Å². The number of hydrogen-bond donors (Lipinski definition) is 2. The van der Waals surface area contributed by atoms with Gasteiger partial charge in [-0.2, -0.15) is 5.10 Å². The van der Waals surface area contributed by atoms with Crippen molar-refractivity contribution in [2.75, 3.05) is 11.9 Å². The van der Waals surface area contributed by atoms with Gasteiger partial charge in [-0.25, -0.2) is 4.79 Å². The summed E-state index contributed by atoms with van der Waals surface area (Å²) in [6, 6.07) is 0. The lowest BCUT2D eigenvalue weighted by Gasteiger charge is -2.08. The van der Waals surface area contributed by atoms with Gasteiger partial charge in [0.1, 0.15) is 23.4 Å². The molecule has 2 aromatic rings. The van der Waals surface area contributed by atoms with Crippen LogP contribution in [0.15, 0.2) is 6.20 Å². The molecule has 2 amide bonds. The SMILES string of the molecule is CCOC(=O)c1c(NC(=O)Cn2ncc([N+](=O)[O-])c2C)sc(C(N)=O)c1C. The summed E-state index contributed by atoms with van der Waals surface area (Å²) >= 11 is 0.856. The Kier molecular flexibility index (Phi) is 5.90. The highest BCUT2D eigenvalue weighted by Crippen LogP contribution is 2.33. The van der Waals surface area contributed by atoms with E-state index in [4.69, 9.17) is 10.5 Å². The van der Waals surface area contributed by atoms with Crippen LogP contribution in [0.25, 0.3) is 0 Å². The van der Waals surface area contributed by atoms with Gasteiger partial charge in [-0.05, 0) is 26.3 Å². The van der Waals surface area contributed by atoms with Crippen molar-refractivity contribution in [3.8, 4) is 0 Å². The number of carbonyl (C=O) groups is 3. The fraction of sp³-hybridized carbons (Fsp3) is 0.333. The Morgan fingerprint density at radius 3 is 2.59 bits per heavy atom. The largest absolute Gasteiger partial charge is 0.462 e. The van der Waals surface area contributed by atoms with Gasteiger partial charge in [-0.3, -0.25) is 24.4 Å². The topological polar surface area (TPSA) is 159 Å². The molecule has 3 N–H and O–H groups in total. The third-order valence-electron chi connectivity index (χ3n) is 3.67. The number of rotatable bonds is 7. The molecule has 0 bridgehead atoms. The Morgan fingerprint density at radius 1 is 1.41 bits per heavy atom. The van der Waals surface area contributed by atoms with Crippen molar-refractivity contribution >= 4 is 39.8 Å². The number of hydrogen-bond acceptors (Lipinski definition) is 8. The van der Waals surface area contributed by atoms with E-state index in [-0.39, 0.29) is 40.0 Å². The monoisotopic (exact) mass is 395 g/mol. The van der Waals surface area contributed by atoms with Crippen molar-refractivity contribution in [3.63, 3.8) is 0 Å². The van der Waals surface area contributed by atoms with Gasteiger partial charge in [0.25, 0.3) is 5.91 Å². The van der Waals surface area contributed by atoms with Crippen molar-refractivity contribution < 1.29 is 24.0 Å². The van der Waals surface area contributed by atoms with E-state index < -0.39 is 22.7 Å². The number of nitrogens with one attached hydrogen (secondary N) is 1. The molecule has 0 atom stereocenters. The Morgan fingerprint density at radius 2 is 2.07 bits per heavy atom. The first-order valence-corrected chi connectivity index (χ1v) is 8.55. The van der Waals surface area contributed by atoms with Crippen LogP contribution >= 0.6 is 11.3 Å². The minimum atomic E-state index is -0.734. The van der Waals surface area contributed by atoms with Crippen LogP contribution < -0.4 is 11.1 Å². The van der Waals surface area contributed by atoms with E-state index in [2.05, 4.69) is 10.4 Å². The van der Waals surface area contributed by atoms with E-state index in [9.17, 15) is 24.5 Å². The second-order valence-corrected chi connectivity index (χ2v) is 6.44. The predicted molar refractivity (Wildman–Crippen MR) is 95.8 cm³/mol. The molecule has 0 fully saturated rings. The number of primary amides is 1. The van der Waals surface area contributed by atoms with E-state index >= 15 is 0 Å². The number of esters is 1. The molecule has 0 unspecified atom stereocenters. The summed E-state index contributed by atoms with van der Waals surface area (Å²) in [6.45, 7) is 4.41. The fourth-order valence-electron chi connectivity index (χ4n) is 2.36. The first-order chi connectivity index (χ1) is 12.7. The fourth-order valence-corrected chi connectivity index (χ4v) is 3.43. The molecule has 2 heterocycles. The van der Waals surface area contributed by atoms with Crippen LogP contribution in [-0.2, 0) is 16.1 Å². The van der Waals surface area contributed by atoms with Gasteiger partial charge in [0.05, 0.1) is 22.0 Å². The molecule has 0 aromatic carbocycles. The van der Waals surface area contributed by atoms with Crippen LogP contribution in [0.1, 0.15) is 38.2 Å². The van der Waals surface area contributed by atoms with Crippen LogP contribution in [0.5, 0.6) is 0 Å². The molecule has 0 radical (unpaired) electrons. The average Bonchev–Trinajstić information content (AvgIpc) is 3.08. The molecule has 12 heteroatoms. The van der Waals surface area contributed by atoms with Crippen molar-refractivity contribution in [1.82, 2.24) is 9.78 Å². The third-order valence-corrected chi connectivity index (χ3v) is 4.89. The second kappa shape index (κ2) is 7.95.